The Morgan fingerprint density at radius 3 is 2.74 bits per heavy atom. The molecule has 0 aliphatic heterocycles. The Morgan fingerprint density at radius 2 is 2.11 bits per heavy atom. The van der Waals surface area contributed by atoms with Gasteiger partial charge < -0.3 is 9.67 Å². The second kappa shape index (κ2) is 6.93. The summed E-state index contributed by atoms with van der Waals surface area (Å²) in [5.41, 5.74) is 0. The molecule has 0 aromatic carbocycles. The van der Waals surface area contributed by atoms with Crippen molar-refractivity contribution in [2.45, 2.75) is 50.7 Å². The molecule has 6 heteroatoms. The number of rotatable bonds is 6. The van der Waals surface area contributed by atoms with Gasteiger partial charge in [0.1, 0.15) is 6.33 Å². The van der Waals surface area contributed by atoms with E-state index in [2.05, 4.69) is 17.1 Å². The van der Waals surface area contributed by atoms with E-state index in [-0.39, 0.29) is 5.75 Å². The lowest BCUT2D eigenvalue weighted by Gasteiger charge is -2.28. The van der Waals surface area contributed by atoms with Gasteiger partial charge in [-0.3, -0.25) is 4.79 Å². The van der Waals surface area contributed by atoms with Crippen molar-refractivity contribution in [2.75, 3.05) is 5.75 Å². The molecule has 0 saturated heterocycles. The molecule has 0 amide bonds. The van der Waals surface area contributed by atoms with E-state index in [0.29, 0.717) is 5.92 Å². The Labute approximate surface area is 117 Å². The highest BCUT2D eigenvalue weighted by molar-refractivity contribution is 7.99. The Hall–Kier alpha value is -1.04. The van der Waals surface area contributed by atoms with Crippen molar-refractivity contribution in [3.05, 3.63) is 6.33 Å². The summed E-state index contributed by atoms with van der Waals surface area (Å²) in [6.07, 6.45) is 8.18. The van der Waals surface area contributed by atoms with Crippen LogP contribution in [-0.4, -0.2) is 31.6 Å². The van der Waals surface area contributed by atoms with Gasteiger partial charge in [-0.2, -0.15) is 0 Å². The number of aliphatic carboxylic acids is 1. The topological polar surface area (TPSA) is 68.0 Å². The maximum absolute atomic E-state index is 10.6. The average molecular weight is 283 g/mol. The van der Waals surface area contributed by atoms with Gasteiger partial charge >= 0.3 is 5.97 Å². The van der Waals surface area contributed by atoms with E-state index >= 15 is 0 Å². The molecule has 0 radical (unpaired) electrons. The molecule has 1 saturated carbocycles. The first kappa shape index (κ1) is 14.4. The van der Waals surface area contributed by atoms with E-state index in [1.807, 2.05) is 4.57 Å². The van der Waals surface area contributed by atoms with Crippen LogP contribution < -0.4 is 0 Å². The van der Waals surface area contributed by atoms with Gasteiger partial charge in [0.05, 0.1) is 5.75 Å². The van der Waals surface area contributed by atoms with Crippen LogP contribution in [0.4, 0.5) is 0 Å². The Balaban J connectivity index is 1.86. The lowest BCUT2D eigenvalue weighted by Crippen LogP contribution is -2.19. The fourth-order valence-electron chi connectivity index (χ4n) is 2.71. The second-order valence-corrected chi connectivity index (χ2v) is 6.19. The summed E-state index contributed by atoms with van der Waals surface area (Å²) in [4.78, 5) is 10.6. The van der Waals surface area contributed by atoms with Crippen LogP contribution in [0, 0.1) is 11.8 Å². The van der Waals surface area contributed by atoms with Crippen LogP contribution in [0.5, 0.6) is 0 Å². The molecule has 1 aliphatic carbocycles. The molecule has 2 rings (SSSR count). The fraction of sp³-hybridized carbons (Fsp3) is 0.769. The van der Waals surface area contributed by atoms with E-state index in [1.54, 1.807) is 6.33 Å². The third-order valence-electron chi connectivity index (χ3n) is 3.90. The van der Waals surface area contributed by atoms with Gasteiger partial charge in [-0.25, -0.2) is 0 Å². The van der Waals surface area contributed by atoms with Crippen molar-refractivity contribution in [3.8, 4) is 0 Å². The van der Waals surface area contributed by atoms with Crippen molar-refractivity contribution in [2.24, 2.45) is 11.8 Å². The summed E-state index contributed by atoms with van der Waals surface area (Å²) < 4.78 is 2.00. The molecule has 1 heterocycles. The lowest BCUT2D eigenvalue weighted by molar-refractivity contribution is -0.133. The minimum absolute atomic E-state index is 0.0429. The van der Waals surface area contributed by atoms with E-state index < -0.39 is 5.97 Å². The predicted octanol–water partition coefficient (Wildman–Crippen LogP) is 2.67. The summed E-state index contributed by atoms with van der Waals surface area (Å²) in [5, 5.41) is 17.3. The van der Waals surface area contributed by atoms with Crippen LogP contribution >= 0.6 is 11.8 Å². The molecular weight excluding hydrogens is 262 g/mol. The maximum Gasteiger partial charge on any atom is 0.313 e. The minimum Gasteiger partial charge on any atom is -0.481 e. The van der Waals surface area contributed by atoms with Gasteiger partial charge in [0, 0.05) is 6.54 Å². The number of carboxylic acids is 1. The smallest absolute Gasteiger partial charge is 0.313 e. The summed E-state index contributed by atoms with van der Waals surface area (Å²) in [6, 6.07) is 0. The molecule has 1 aromatic heterocycles. The van der Waals surface area contributed by atoms with E-state index in [4.69, 9.17) is 5.11 Å². The van der Waals surface area contributed by atoms with Crippen molar-refractivity contribution >= 4 is 17.7 Å². The monoisotopic (exact) mass is 283 g/mol. The number of hydrogen-bond donors (Lipinski definition) is 1. The predicted molar refractivity (Wildman–Crippen MR) is 74.1 cm³/mol. The number of nitrogens with zero attached hydrogens (tertiary/aromatic N) is 3. The standard InChI is InChI=1S/C13H21N3O2S/c1-2-10-3-5-11(6-4-10)7-16-9-14-15-13(16)19-8-12(17)18/h9-11H,2-8H2,1H3,(H,17,18). The Morgan fingerprint density at radius 1 is 1.42 bits per heavy atom. The molecule has 1 fully saturated rings. The molecule has 1 aromatic rings. The lowest BCUT2D eigenvalue weighted by atomic mass is 9.81. The quantitative estimate of drug-likeness (QED) is 0.813. The van der Waals surface area contributed by atoms with Crippen molar-refractivity contribution < 1.29 is 9.90 Å². The number of aromatic nitrogens is 3. The summed E-state index contributed by atoms with van der Waals surface area (Å²) >= 11 is 1.25. The molecule has 19 heavy (non-hydrogen) atoms. The SMILES string of the molecule is CCC1CCC(Cn2cnnc2SCC(=O)O)CC1. The third-order valence-corrected chi connectivity index (χ3v) is 4.87. The largest absolute Gasteiger partial charge is 0.481 e. The molecule has 106 valence electrons. The molecule has 1 N–H and O–H groups in total. The second-order valence-electron chi connectivity index (χ2n) is 5.24. The Kier molecular flexibility index (Phi) is 5.24. The molecule has 0 atom stereocenters. The molecule has 0 unspecified atom stereocenters. The fourth-order valence-corrected chi connectivity index (χ4v) is 3.35. The number of hydrogen-bond acceptors (Lipinski definition) is 4. The first-order chi connectivity index (χ1) is 9.19. The normalized spacial score (nSPS) is 23.4. The van der Waals surface area contributed by atoms with E-state index in [9.17, 15) is 4.79 Å². The van der Waals surface area contributed by atoms with Crippen LogP contribution in [0.15, 0.2) is 11.5 Å². The third kappa shape index (κ3) is 4.23. The molecule has 5 nitrogen and oxygen atoms in total. The Bertz CT molecular complexity index is 414. The summed E-state index contributed by atoms with van der Waals surface area (Å²) in [5.74, 6) is 0.811. The van der Waals surface area contributed by atoms with Gasteiger partial charge in [0.25, 0.3) is 0 Å². The van der Waals surface area contributed by atoms with Gasteiger partial charge in [-0.05, 0) is 24.7 Å². The van der Waals surface area contributed by atoms with Crippen molar-refractivity contribution in [3.63, 3.8) is 0 Å². The van der Waals surface area contributed by atoms with E-state index in [1.165, 1.54) is 43.9 Å². The number of carbonyl (C=O) groups is 1. The maximum atomic E-state index is 10.6. The first-order valence-corrected chi connectivity index (χ1v) is 7.90. The zero-order valence-electron chi connectivity index (χ0n) is 11.3. The molecule has 0 bridgehead atoms. The molecule has 1 aliphatic rings. The van der Waals surface area contributed by atoms with Gasteiger partial charge in [-0.1, -0.05) is 37.9 Å². The van der Waals surface area contributed by atoms with Crippen LogP contribution in [0.3, 0.4) is 0 Å². The van der Waals surface area contributed by atoms with Crippen LogP contribution in [-0.2, 0) is 11.3 Å². The van der Waals surface area contributed by atoms with Crippen molar-refractivity contribution in [1.29, 1.82) is 0 Å². The minimum atomic E-state index is -0.817. The van der Waals surface area contributed by atoms with Gasteiger partial charge in [-0.15, -0.1) is 10.2 Å². The highest BCUT2D eigenvalue weighted by atomic mass is 32.2. The average Bonchev–Trinajstić information content (AvgIpc) is 2.84. The summed E-state index contributed by atoms with van der Waals surface area (Å²) in [7, 11) is 0. The molecular formula is C13H21N3O2S. The summed E-state index contributed by atoms with van der Waals surface area (Å²) in [6.45, 7) is 3.19. The van der Waals surface area contributed by atoms with Crippen LogP contribution in [0.1, 0.15) is 39.0 Å². The zero-order chi connectivity index (χ0) is 13.7. The molecule has 0 spiro atoms. The van der Waals surface area contributed by atoms with Crippen molar-refractivity contribution in [1.82, 2.24) is 14.8 Å². The number of carboxylic acid groups (broad SMARTS) is 1. The highest BCUT2D eigenvalue weighted by Gasteiger charge is 2.21. The zero-order valence-corrected chi connectivity index (χ0v) is 12.1. The highest BCUT2D eigenvalue weighted by Crippen LogP contribution is 2.32. The van der Waals surface area contributed by atoms with E-state index in [0.717, 1.165) is 17.6 Å². The van der Waals surface area contributed by atoms with Gasteiger partial charge in [0.2, 0.25) is 0 Å². The van der Waals surface area contributed by atoms with Gasteiger partial charge in [0.15, 0.2) is 5.16 Å². The van der Waals surface area contributed by atoms with Crippen LogP contribution in [0.25, 0.3) is 0 Å². The first-order valence-electron chi connectivity index (χ1n) is 6.91. The van der Waals surface area contributed by atoms with Crippen LogP contribution in [0.2, 0.25) is 0 Å². The number of thioether (sulfide) groups is 1.